The van der Waals surface area contributed by atoms with Crippen molar-refractivity contribution in [3.8, 4) is 5.75 Å². The highest BCUT2D eigenvalue weighted by Gasteiger charge is 2.33. The molecule has 31 heavy (non-hydrogen) atoms. The van der Waals surface area contributed by atoms with Crippen LogP contribution in [0.5, 0.6) is 5.75 Å². The van der Waals surface area contributed by atoms with E-state index in [0.717, 1.165) is 36.5 Å². The van der Waals surface area contributed by atoms with Crippen molar-refractivity contribution in [2.45, 2.75) is 40.0 Å². The fourth-order valence-corrected chi connectivity index (χ4v) is 5.73. The molecule has 7 nitrogen and oxygen atoms in total. The number of allylic oxidation sites excluding steroid dienone is 2. The first-order valence-electron chi connectivity index (χ1n) is 10.9. The molecule has 2 fully saturated rings. The molecule has 2 saturated heterocycles. The summed E-state index contributed by atoms with van der Waals surface area (Å²) in [7, 11) is -3.38. The third-order valence-corrected chi connectivity index (χ3v) is 7.51. The minimum atomic E-state index is -3.38. The highest BCUT2D eigenvalue weighted by molar-refractivity contribution is 7.89. The second kappa shape index (κ2) is 10.3. The van der Waals surface area contributed by atoms with Crippen LogP contribution in [0, 0.1) is 0 Å². The molecule has 3 rings (SSSR count). The van der Waals surface area contributed by atoms with E-state index in [1.54, 1.807) is 18.2 Å². The first-order chi connectivity index (χ1) is 14.9. The number of aliphatic imine (C=N–C) groups is 1. The Bertz CT molecular complexity index is 976. The molecule has 0 aromatic heterocycles. The van der Waals surface area contributed by atoms with Crippen LogP contribution in [0.2, 0.25) is 0 Å². The number of phenolic OH excluding ortho intramolecular Hbond substituents is 1. The number of sulfonamides is 1. The molecule has 0 spiro atoms. The average molecular weight is 448 g/mol. The lowest BCUT2D eigenvalue weighted by atomic mass is 10.0. The Labute approximate surface area is 185 Å². The number of phenols is 1. The van der Waals surface area contributed by atoms with E-state index < -0.39 is 10.0 Å². The smallest absolute Gasteiger partial charge is 0.235 e. The van der Waals surface area contributed by atoms with Crippen LogP contribution < -0.4 is 0 Å². The summed E-state index contributed by atoms with van der Waals surface area (Å²) in [6.07, 6.45) is 3.91. The molecule has 1 N–H and O–H groups in total. The van der Waals surface area contributed by atoms with Crippen molar-refractivity contribution in [3.63, 3.8) is 0 Å². The van der Waals surface area contributed by atoms with Crippen molar-refractivity contribution in [3.05, 3.63) is 47.2 Å². The molecule has 0 atom stereocenters. The van der Waals surface area contributed by atoms with Gasteiger partial charge in [0.05, 0.1) is 30.4 Å². The van der Waals surface area contributed by atoms with Gasteiger partial charge in [-0.1, -0.05) is 31.6 Å². The van der Waals surface area contributed by atoms with E-state index in [-0.39, 0.29) is 11.5 Å². The van der Waals surface area contributed by atoms with Crippen molar-refractivity contribution in [1.29, 1.82) is 0 Å². The summed E-state index contributed by atoms with van der Waals surface area (Å²) in [5.74, 6) is 1.16. The van der Waals surface area contributed by atoms with Gasteiger partial charge in [-0.15, -0.1) is 0 Å². The SMILES string of the molecule is CC=C1/C(=C(\N=C(C)N2CCOCC2)c2cccc(O)c2)CCN1S(=O)(=O)CCCC. The Kier molecular flexibility index (Phi) is 7.78. The van der Waals surface area contributed by atoms with E-state index in [4.69, 9.17) is 9.73 Å². The molecule has 0 unspecified atom stereocenters. The monoisotopic (exact) mass is 447 g/mol. The van der Waals surface area contributed by atoms with Crippen LogP contribution in [0.25, 0.3) is 5.70 Å². The lowest BCUT2D eigenvalue weighted by molar-refractivity contribution is 0.0678. The van der Waals surface area contributed by atoms with Gasteiger partial charge in [0.2, 0.25) is 10.0 Å². The summed E-state index contributed by atoms with van der Waals surface area (Å²) >= 11 is 0. The maximum atomic E-state index is 13.0. The molecule has 2 aliphatic heterocycles. The molecule has 2 aliphatic rings. The quantitative estimate of drug-likeness (QED) is 0.532. The molecule has 0 amide bonds. The fraction of sp³-hybridized carbons (Fsp3) is 0.522. The molecular weight excluding hydrogens is 414 g/mol. The summed E-state index contributed by atoms with van der Waals surface area (Å²) in [6, 6.07) is 6.99. The van der Waals surface area contributed by atoms with Gasteiger partial charge in [-0.05, 0) is 38.8 Å². The third kappa shape index (κ3) is 5.49. The summed E-state index contributed by atoms with van der Waals surface area (Å²) in [5.41, 5.74) is 3.06. The fourth-order valence-electron chi connectivity index (χ4n) is 3.98. The topological polar surface area (TPSA) is 82.4 Å². The standard InChI is InChI=1S/C23H33N3O4S/c1-4-6-16-31(28,29)26-11-10-21(22(26)5-2)23(19-8-7-9-20(27)17-19)24-18(3)25-12-14-30-15-13-25/h5,7-9,17,27H,4,6,10-16H2,1-3H3/b22-5?,23-21-,24-18?. The van der Waals surface area contributed by atoms with E-state index in [9.17, 15) is 13.5 Å². The average Bonchev–Trinajstić information content (AvgIpc) is 3.21. The molecular formula is C23H33N3O4S. The van der Waals surface area contributed by atoms with Crippen LogP contribution in [-0.4, -0.2) is 67.2 Å². The highest BCUT2D eigenvalue weighted by Crippen LogP contribution is 2.37. The molecule has 0 radical (unpaired) electrons. The molecule has 2 heterocycles. The van der Waals surface area contributed by atoms with Gasteiger partial charge in [-0.3, -0.25) is 4.31 Å². The van der Waals surface area contributed by atoms with Crippen molar-refractivity contribution in [2.75, 3.05) is 38.6 Å². The van der Waals surface area contributed by atoms with Crippen LogP contribution in [-0.2, 0) is 14.8 Å². The second-order valence-corrected chi connectivity index (χ2v) is 9.81. The summed E-state index contributed by atoms with van der Waals surface area (Å²) < 4.78 is 32.9. The van der Waals surface area contributed by atoms with E-state index >= 15 is 0 Å². The van der Waals surface area contributed by atoms with E-state index in [0.29, 0.717) is 44.0 Å². The van der Waals surface area contributed by atoms with Gasteiger partial charge in [-0.2, -0.15) is 0 Å². The van der Waals surface area contributed by atoms with Gasteiger partial charge in [0.15, 0.2) is 0 Å². The number of benzene rings is 1. The van der Waals surface area contributed by atoms with Crippen LogP contribution in [0.3, 0.4) is 0 Å². The number of amidine groups is 1. The number of ether oxygens (including phenoxy) is 1. The first-order valence-corrected chi connectivity index (χ1v) is 12.6. The largest absolute Gasteiger partial charge is 0.508 e. The van der Waals surface area contributed by atoms with Gasteiger partial charge < -0.3 is 14.7 Å². The highest BCUT2D eigenvalue weighted by atomic mass is 32.2. The van der Waals surface area contributed by atoms with E-state index in [1.165, 1.54) is 4.31 Å². The third-order valence-electron chi connectivity index (χ3n) is 5.66. The van der Waals surface area contributed by atoms with Gasteiger partial charge in [0, 0.05) is 30.8 Å². The Morgan fingerprint density at radius 2 is 2.00 bits per heavy atom. The minimum Gasteiger partial charge on any atom is -0.508 e. The van der Waals surface area contributed by atoms with Crippen LogP contribution in [0.1, 0.15) is 45.6 Å². The Hall–Kier alpha value is -2.32. The molecule has 0 bridgehead atoms. The Balaban J connectivity index is 2.07. The minimum absolute atomic E-state index is 0.144. The number of unbranched alkanes of at least 4 members (excludes halogenated alkanes) is 1. The normalized spacial score (nSPS) is 21.1. The number of hydrogen-bond donors (Lipinski definition) is 1. The number of aromatic hydroxyl groups is 1. The van der Waals surface area contributed by atoms with E-state index in [1.807, 2.05) is 32.9 Å². The maximum Gasteiger partial charge on any atom is 0.235 e. The lowest BCUT2D eigenvalue weighted by Crippen LogP contribution is -2.39. The maximum absolute atomic E-state index is 13.0. The molecule has 0 aliphatic carbocycles. The van der Waals surface area contributed by atoms with Gasteiger partial charge in [0.25, 0.3) is 0 Å². The van der Waals surface area contributed by atoms with Crippen molar-refractivity contribution >= 4 is 21.6 Å². The summed E-state index contributed by atoms with van der Waals surface area (Å²) in [6.45, 7) is 9.09. The predicted octanol–water partition coefficient (Wildman–Crippen LogP) is 3.59. The zero-order valence-electron chi connectivity index (χ0n) is 18.7. The predicted molar refractivity (Wildman–Crippen MR) is 124 cm³/mol. The molecule has 8 heteroatoms. The molecule has 1 aromatic carbocycles. The van der Waals surface area contributed by atoms with Gasteiger partial charge in [-0.25, -0.2) is 13.4 Å². The molecule has 170 valence electrons. The van der Waals surface area contributed by atoms with Crippen molar-refractivity contribution < 1.29 is 18.3 Å². The Morgan fingerprint density at radius 1 is 1.26 bits per heavy atom. The molecule has 0 saturated carbocycles. The molecule has 1 aromatic rings. The lowest BCUT2D eigenvalue weighted by Gasteiger charge is -2.28. The van der Waals surface area contributed by atoms with Crippen LogP contribution >= 0.6 is 0 Å². The van der Waals surface area contributed by atoms with Crippen molar-refractivity contribution in [2.24, 2.45) is 4.99 Å². The van der Waals surface area contributed by atoms with Crippen LogP contribution in [0.4, 0.5) is 0 Å². The number of nitrogens with zero attached hydrogens (tertiary/aromatic N) is 3. The number of hydrogen-bond acceptors (Lipinski definition) is 5. The zero-order chi connectivity index (χ0) is 22.4. The number of morpholine rings is 1. The zero-order valence-corrected chi connectivity index (χ0v) is 19.5. The first kappa shape index (κ1) is 23.3. The van der Waals surface area contributed by atoms with E-state index in [2.05, 4.69) is 4.90 Å². The number of rotatable bonds is 6. The van der Waals surface area contributed by atoms with Crippen molar-refractivity contribution in [1.82, 2.24) is 9.21 Å². The second-order valence-electron chi connectivity index (χ2n) is 7.80. The van der Waals surface area contributed by atoms with Gasteiger partial charge >= 0.3 is 0 Å². The van der Waals surface area contributed by atoms with Crippen LogP contribution in [0.15, 0.2) is 46.6 Å². The summed E-state index contributed by atoms with van der Waals surface area (Å²) in [5, 5.41) is 10.1. The Morgan fingerprint density at radius 3 is 2.65 bits per heavy atom. The van der Waals surface area contributed by atoms with Gasteiger partial charge in [0.1, 0.15) is 11.6 Å². The summed E-state index contributed by atoms with van der Waals surface area (Å²) in [4.78, 5) is 7.14.